The molecular weight excluding hydrogens is 342 g/mol. The lowest BCUT2D eigenvalue weighted by Crippen LogP contribution is -2.50. The van der Waals surface area contributed by atoms with Gasteiger partial charge in [-0.3, -0.25) is 14.5 Å². The minimum atomic E-state index is -0.0526. The minimum Gasteiger partial charge on any atom is -0.497 e. The third kappa shape index (κ3) is 4.33. The van der Waals surface area contributed by atoms with Crippen molar-refractivity contribution < 1.29 is 9.53 Å². The number of rotatable bonds is 6. The second-order valence-corrected chi connectivity index (χ2v) is 7.19. The van der Waals surface area contributed by atoms with Crippen LogP contribution in [0.4, 0.5) is 0 Å². The van der Waals surface area contributed by atoms with E-state index in [2.05, 4.69) is 23.7 Å². The molecule has 1 aromatic carbocycles. The molecule has 0 radical (unpaired) electrons. The van der Waals surface area contributed by atoms with Crippen molar-refractivity contribution in [2.24, 2.45) is 5.92 Å². The normalized spacial score (nSPS) is 15.5. The summed E-state index contributed by atoms with van der Waals surface area (Å²) in [5.41, 5.74) is 1.50. The van der Waals surface area contributed by atoms with E-state index in [1.54, 1.807) is 7.11 Å². The smallest absolute Gasteiger partial charge is 0.252 e. The molecule has 0 bridgehead atoms. The number of H-pyrrole nitrogens is 1. The number of aromatic nitrogens is 1. The summed E-state index contributed by atoms with van der Waals surface area (Å²) < 4.78 is 5.27. The van der Waals surface area contributed by atoms with Crippen LogP contribution >= 0.6 is 0 Å². The maximum Gasteiger partial charge on any atom is 0.252 e. The van der Waals surface area contributed by atoms with Crippen molar-refractivity contribution in [2.75, 3.05) is 33.3 Å². The molecule has 0 aliphatic carbocycles. The summed E-state index contributed by atoms with van der Waals surface area (Å²) in [6.45, 7) is 7.79. The maximum absolute atomic E-state index is 12.5. The van der Waals surface area contributed by atoms with Crippen LogP contribution in [0.3, 0.4) is 0 Å². The fourth-order valence-electron chi connectivity index (χ4n) is 3.74. The van der Waals surface area contributed by atoms with E-state index in [1.807, 2.05) is 29.2 Å². The van der Waals surface area contributed by atoms with Gasteiger partial charge in [-0.25, -0.2) is 0 Å². The van der Waals surface area contributed by atoms with Crippen molar-refractivity contribution >= 4 is 16.8 Å². The molecule has 1 N–H and O–H groups in total. The van der Waals surface area contributed by atoms with E-state index >= 15 is 0 Å². The molecule has 1 aliphatic rings. The van der Waals surface area contributed by atoms with Gasteiger partial charge in [0, 0.05) is 55.1 Å². The van der Waals surface area contributed by atoms with Crippen LogP contribution < -0.4 is 10.3 Å². The van der Waals surface area contributed by atoms with Gasteiger partial charge in [0.1, 0.15) is 5.75 Å². The highest BCUT2D eigenvalue weighted by Gasteiger charge is 2.25. The average molecular weight is 371 g/mol. The van der Waals surface area contributed by atoms with Crippen molar-refractivity contribution in [2.45, 2.75) is 33.2 Å². The highest BCUT2D eigenvalue weighted by Crippen LogP contribution is 2.20. The predicted octanol–water partition coefficient (Wildman–Crippen LogP) is 2.62. The number of hydrogen-bond donors (Lipinski definition) is 1. The number of carbonyl (C=O) groups is 1. The van der Waals surface area contributed by atoms with E-state index in [-0.39, 0.29) is 17.4 Å². The number of fused-ring (bicyclic) bond motifs is 1. The van der Waals surface area contributed by atoms with Crippen LogP contribution in [-0.2, 0) is 11.3 Å². The van der Waals surface area contributed by atoms with E-state index in [9.17, 15) is 9.59 Å². The first kappa shape index (κ1) is 19.4. The van der Waals surface area contributed by atoms with E-state index in [4.69, 9.17) is 4.74 Å². The summed E-state index contributed by atoms with van der Waals surface area (Å²) in [4.78, 5) is 32.1. The summed E-state index contributed by atoms with van der Waals surface area (Å²) >= 11 is 0. The van der Waals surface area contributed by atoms with Gasteiger partial charge in [-0.15, -0.1) is 0 Å². The molecule has 146 valence electrons. The Morgan fingerprint density at radius 2 is 1.85 bits per heavy atom. The molecule has 0 saturated carbocycles. The summed E-state index contributed by atoms with van der Waals surface area (Å²) in [6.07, 6.45) is 1.79. The molecule has 6 heteroatoms. The summed E-state index contributed by atoms with van der Waals surface area (Å²) in [5.74, 6) is 1.18. The Hall–Kier alpha value is -2.34. The summed E-state index contributed by atoms with van der Waals surface area (Å²) in [6, 6.07) is 7.58. The second kappa shape index (κ2) is 8.57. The molecule has 0 unspecified atom stereocenters. The molecule has 27 heavy (non-hydrogen) atoms. The van der Waals surface area contributed by atoms with Crippen molar-refractivity contribution in [3.63, 3.8) is 0 Å². The van der Waals surface area contributed by atoms with Gasteiger partial charge in [0.15, 0.2) is 0 Å². The number of benzene rings is 1. The number of pyridine rings is 1. The minimum absolute atomic E-state index is 0.0526. The van der Waals surface area contributed by atoms with Crippen LogP contribution in [-0.4, -0.2) is 54.0 Å². The van der Waals surface area contributed by atoms with Crippen molar-refractivity contribution in [3.05, 3.63) is 40.2 Å². The lowest BCUT2D eigenvalue weighted by Gasteiger charge is -2.36. The molecule has 1 aliphatic heterocycles. The van der Waals surface area contributed by atoms with Crippen LogP contribution in [0.25, 0.3) is 10.9 Å². The lowest BCUT2D eigenvalue weighted by atomic mass is 10.0. The molecule has 1 aromatic heterocycles. The molecule has 6 nitrogen and oxygen atoms in total. The molecule has 1 fully saturated rings. The van der Waals surface area contributed by atoms with Crippen molar-refractivity contribution in [1.82, 2.24) is 14.8 Å². The Kier molecular flexibility index (Phi) is 6.16. The van der Waals surface area contributed by atoms with Crippen LogP contribution in [0.5, 0.6) is 5.75 Å². The van der Waals surface area contributed by atoms with Crippen molar-refractivity contribution in [3.8, 4) is 5.75 Å². The molecule has 2 heterocycles. The first-order valence-electron chi connectivity index (χ1n) is 9.76. The van der Waals surface area contributed by atoms with Crippen LogP contribution in [0.2, 0.25) is 0 Å². The fourth-order valence-corrected chi connectivity index (χ4v) is 3.74. The molecule has 2 aromatic rings. The first-order valence-corrected chi connectivity index (χ1v) is 9.76. The van der Waals surface area contributed by atoms with Gasteiger partial charge in [0.25, 0.3) is 5.56 Å². The van der Waals surface area contributed by atoms with Gasteiger partial charge >= 0.3 is 0 Å². The molecule has 1 saturated heterocycles. The standard InChI is InChI=1S/C21H29N3O3/c1-4-15(5-2)21(26)24-10-8-23(9-11-24)14-17-12-16-13-18(27-3)6-7-19(16)22-20(17)25/h6-7,12-13,15H,4-5,8-11,14H2,1-3H3,(H,22,25). The Morgan fingerprint density at radius 3 is 2.48 bits per heavy atom. The summed E-state index contributed by atoms with van der Waals surface area (Å²) in [7, 11) is 1.64. The highest BCUT2D eigenvalue weighted by atomic mass is 16.5. The summed E-state index contributed by atoms with van der Waals surface area (Å²) in [5, 5.41) is 0.964. The number of amides is 1. The largest absolute Gasteiger partial charge is 0.497 e. The zero-order valence-corrected chi connectivity index (χ0v) is 16.5. The van der Waals surface area contributed by atoms with Crippen LogP contribution in [0.15, 0.2) is 29.1 Å². The molecule has 3 rings (SSSR count). The Bertz CT molecular complexity index is 849. The van der Waals surface area contributed by atoms with E-state index in [1.165, 1.54) is 0 Å². The second-order valence-electron chi connectivity index (χ2n) is 7.19. The number of aromatic amines is 1. The zero-order valence-electron chi connectivity index (χ0n) is 16.5. The van der Waals surface area contributed by atoms with Gasteiger partial charge in [0.2, 0.25) is 5.91 Å². The van der Waals surface area contributed by atoms with Gasteiger partial charge in [0.05, 0.1) is 7.11 Å². The number of piperazine rings is 1. The number of nitrogens with zero attached hydrogens (tertiary/aromatic N) is 2. The van der Waals surface area contributed by atoms with Crippen LogP contribution in [0, 0.1) is 5.92 Å². The predicted molar refractivity (Wildman–Crippen MR) is 107 cm³/mol. The first-order chi connectivity index (χ1) is 13.0. The third-order valence-corrected chi connectivity index (χ3v) is 5.54. The van der Waals surface area contributed by atoms with Crippen molar-refractivity contribution in [1.29, 1.82) is 0 Å². The molecule has 0 atom stereocenters. The van der Waals surface area contributed by atoms with Gasteiger partial charge in [-0.2, -0.15) is 0 Å². The SMILES string of the molecule is CCC(CC)C(=O)N1CCN(Cc2cc3cc(OC)ccc3[nH]c2=O)CC1. The fraction of sp³-hybridized carbons (Fsp3) is 0.524. The highest BCUT2D eigenvalue weighted by molar-refractivity contribution is 5.80. The number of carbonyl (C=O) groups excluding carboxylic acids is 1. The third-order valence-electron chi connectivity index (χ3n) is 5.54. The van der Waals surface area contributed by atoms with E-state index in [0.717, 1.165) is 61.2 Å². The Labute approximate surface area is 160 Å². The topological polar surface area (TPSA) is 65.6 Å². The quantitative estimate of drug-likeness (QED) is 0.848. The van der Waals surface area contributed by atoms with Gasteiger partial charge in [-0.1, -0.05) is 13.8 Å². The van der Waals surface area contributed by atoms with Crippen LogP contribution in [0.1, 0.15) is 32.3 Å². The number of nitrogens with one attached hydrogen (secondary N) is 1. The number of methoxy groups -OCH3 is 1. The lowest BCUT2D eigenvalue weighted by molar-refractivity contribution is -0.137. The average Bonchev–Trinajstić information content (AvgIpc) is 2.69. The number of hydrogen-bond acceptors (Lipinski definition) is 4. The van der Waals surface area contributed by atoms with E-state index in [0.29, 0.717) is 6.54 Å². The monoisotopic (exact) mass is 371 g/mol. The van der Waals surface area contributed by atoms with E-state index < -0.39 is 0 Å². The van der Waals surface area contributed by atoms with Gasteiger partial charge < -0.3 is 14.6 Å². The zero-order chi connectivity index (χ0) is 19.4. The number of ether oxygens (including phenoxy) is 1. The molecular formula is C21H29N3O3. The maximum atomic E-state index is 12.5. The molecule has 1 amide bonds. The molecule has 0 spiro atoms. The van der Waals surface area contributed by atoms with Gasteiger partial charge in [-0.05, 0) is 37.1 Å². The Morgan fingerprint density at radius 1 is 1.15 bits per heavy atom. The Balaban J connectivity index is 1.67.